The lowest BCUT2D eigenvalue weighted by Crippen LogP contribution is -2.14. The number of aromatic amines is 1. The number of nitrogens with zero attached hydrogens (tertiary/aromatic N) is 4. The zero-order chi connectivity index (χ0) is 19.8. The van der Waals surface area contributed by atoms with Crippen molar-refractivity contribution in [2.75, 3.05) is 5.84 Å². The maximum atomic E-state index is 12.3. The molecule has 7 nitrogen and oxygen atoms in total. The lowest BCUT2D eigenvalue weighted by molar-refractivity contribution is 0.835. The van der Waals surface area contributed by atoms with E-state index in [0.717, 1.165) is 0 Å². The molecule has 2 heterocycles. The Morgan fingerprint density at radius 2 is 1.96 bits per heavy atom. The number of hydrogen-bond donors (Lipinski definition) is 2. The van der Waals surface area contributed by atoms with Gasteiger partial charge in [-0.2, -0.15) is 0 Å². The summed E-state index contributed by atoms with van der Waals surface area (Å²) in [6.45, 7) is 1.90. The van der Waals surface area contributed by atoms with E-state index < -0.39 is 0 Å². The summed E-state index contributed by atoms with van der Waals surface area (Å²) < 4.78 is 1.36. The Bertz CT molecular complexity index is 1240. The van der Waals surface area contributed by atoms with Gasteiger partial charge in [-0.05, 0) is 37.3 Å². The molecule has 10 heteroatoms. The van der Waals surface area contributed by atoms with Crippen molar-refractivity contribution in [1.82, 2.24) is 24.8 Å². The van der Waals surface area contributed by atoms with Crippen molar-refractivity contribution in [2.24, 2.45) is 0 Å². The van der Waals surface area contributed by atoms with Crippen molar-refractivity contribution >= 4 is 45.9 Å². The van der Waals surface area contributed by atoms with Gasteiger partial charge in [0.1, 0.15) is 5.82 Å². The first-order chi connectivity index (χ1) is 13.4. The number of para-hydroxylation sites is 1. The summed E-state index contributed by atoms with van der Waals surface area (Å²) in [6.07, 6.45) is 0. The molecule has 1 unspecified atom stereocenters. The summed E-state index contributed by atoms with van der Waals surface area (Å²) >= 11 is 13.5. The van der Waals surface area contributed by atoms with E-state index in [9.17, 15) is 4.79 Å². The van der Waals surface area contributed by atoms with Gasteiger partial charge in [0.25, 0.3) is 5.56 Å². The number of benzene rings is 2. The normalized spacial score (nSPS) is 12.4. The second kappa shape index (κ2) is 7.46. The van der Waals surface area contributed by atoms with Crippen molar-refractivity contribution < 1.29 is 0 Å². The molecule has 0 saturated heterocycles. The zero-order valence-electron chi connectivity index (χ0n) is 14.6. The zero-order valence-corrected chi connectivity index (χ0v) is 16.9. The molecule has 0 spiro atoms. The Balaban J connectivity index is 1.65. The van der Waals surface area contributed by atoms with Crippen LogP contribution in [0.4, 0.5) is 0 Å². The van der Waals surface area contributed by atoms with E-state index in [2.05, 4.69) is 20.2 Å². The number of H-pyrrole nitrogens is 1. The largest absolute Gasteiger partial charge is 0.335 e. The van der Waals surface area contributed by atoms with Crippen LogP contribution in [0, 0.1) is 0 Å². The lowest BCUT2D eigenvalue weighted by atomic mass is 10.2. The van der Waals surface area contributed by atoms with Crippen LogP contribution in [0.15, 0.2) is 52.4 Å². The number of nitrogens with one attached hydrogen (secondary N) is 1. The van der Waals surface area contributed by atoms with Gasteiger partial charge >= 0.3 is 0 Å². The number of fused-ring (bicyclic) bond motifs is 1. The standard InChI is InChI=1S/C18H14Cl2N6OS/c1-9(15-22-14-5-3-2-4-12(14)17(27)23-15)28-18-25-24-16(26(18)21)11-7-6-10(19)8-13(11)20/h2-9H,21H2,1H3,(H,22,23,27). The molecule has 4 rings (SSSR count). The molecule has 0 fully saturated rings. The van der Waals surface area contributed by atoms with Crippen LogP contribution in [0.1, 0.15) is 18.0 Å². The van der Waals surface area contributed by atoms with E-state index in [-0.39, 0.29) is 10.8 Å². The van der Waals surface area contributed by atoms with Crippen LogP contribution in [-0.4, -0.2) is 24.8 Å². The predicted octanol–water partition coefficient (Wildman–Crippen LogP) is 4.06. The number of thioether (sulfide) groups is 1. The maximum Gasteiger partial charge on any atom is 0.258 e. The van der Waals surface area contributed by atoms with Gasteiger partial charge in [-0.3, -0.25) is 4.79 Å². The smallest absolute Gasteiger partial charge is 0.258 e. The van der Waals surface area contributed by atoms with Crippen LogP contribution in [-0.2, 0) is 0 Å². The van der Waals surface area contributed by atoms with Crippen molar-refractivity contribution in [3.8, 4) is 11.4 Å². The highest BCUT2D eigenvalue weighted by atomic mass is 35.5. The van der Waals surface area contributed by atoms with Gasteiger partial charge in [-0.1, -0.05) is 47.1 Å². The van der Waals surface area contributed by atoms with Crippen LogP contribution in [0.2, 0.25) is 10.0 Å². The molecule has 2 aromatic heterocycles. The Labute approximate surface area is 173 Å². The lowest BCUT2D eigenvalue weighted by Gasteiger charge is -2.11. The molecule has 0 aliphatic heterocycles. The van der Waals surface area contributed by atoms with Crippen LogP contribution in [0.5, 0.6) is 0 Å². The van der Waals surface area contributed by atoms with Crippen LogP contribution in [0.3, 0.4) is 0 Å². The molecule has 28 heavy (non-hydrogen) atoms. The average Bonchev–Trinajstić information content (AvgIpc) is 3.02. The summed E-state index contributed by atoms with van der Waals surface area (Å²) in [5, 5.41) is 10.0. The summed E-state index contributed by atoms with van der Waals surface area (Å²) in [7, 11) is 0. The SMILES string of the molecule is CC(Sc1nnc(-c2ccc(Cl)cc2Cl)n1N)c1nc2ccccc2c(=O)[nH]1. The highest BCUT2D eigenvalue weighted by Crippen LogP contribution is 2.34. The van der Waals surface area contributed by atoms with Crippen LogP contribution < -0.4 is 11.4 Å². The first-order valence-electron chi connectivity index (χ1n) is 8.25. The monoisotopic (exact) mass is 432 g/mol. The summed E-state index contributed by atoms with van der Waals surface area (Å²) in [5.41, 5.74) is 1.07. The molecule has 0 radical (unpaired) electrons. The van der Waals surface area contributed by atoms with Gasteiger partial charge in [-0.25, -0.2) is 9.66 Å². The molecular weight excluding hydrogens is 419 g/mol. The maximum absolute atomic E-state index is 12.3. The topological polar surface area (TPSA) is 102 Å². The van der Waals surface area contributed by atoms with Gasteiger partial charge in [-0.15, -0.1) is 10.2 Å². The van der Waals surface area contributed by atoms with E-state index in [1.165, 1.54) is 16.4 Å². The summed E-state index contributed by atoms with van der Waals surface area (Å²) in [4.78, 5) is 19.7. The quantitative estimate of drug-likeness (QED) is 0.372. The van der Waals surface area contributed by atoms with Gasteiger partial charge in [0.2, 0.25) is 5.16 Å². The number of nitrogens with two attached hydrogens (primary N) is 1. The summed E-state index contributed by atoms with van der Waals surface area (Å²) in [6, 6.07) is 12.2. The van der Waals surface area contributed by atoms with E-state index in [4.69, 9.17) is 29.0 Å². The van der Waals surface area contributed by atoms with Crippen molar-refractivity contribution in [3.63, 3.8) is 0 Å². The molecule has 3 N–H and O–H groups in total. The molecule has 0 aliphatic rings. The van der Waals surface area contributed by atoms with Gasteiger partial charge in [0, 0.05) is 10.6 Å². The second-order valence-electron chi connectivity index (χ2n) is 6.03. The minimum Gasteiger partial charge on any atom is -0.335 e. The average molecular weight is 433 g/mol. The van der Waals surface area contributed by atoms with Crippen molar-refractivity contribution in [2.45, 2.75) is 17.3 Å². The predicted molar refractivity (Wildman–Crippen MR) is 112 cm³/mol. The number of hydrogen-bond acceptors (Lipinski definition) is 6. The Morgan fingerprint density at radius 3 is 2.75 bits per heavy atom. The highest BCUT2D eigenvalue weighted by molar-refractivity contribution is 7.99. The first-order valence-corrected chi connectivity index (χ1v) is 9.89. The Kier molecular flexibility index (Phi) is 5.01. The van der Waals surface area contributed by atoms with Crippen molar-refractivity contribution in [3.05, 3.63) is 68.7 Å². The number of halogens is 2. The minimum absolute atomic E-state index is 0.184. The van der Waals surface area contributed by atoms with E-state index >= 15 is 0 Å². The molecule has 0 bridgehead atoms. The number of aromatic nitrogens is 5. The Morgan fingerprint density at radius 1 is 1.18 bits per heavy atom. The number of nitrogen functional groups attached to an aromatic ring is 1. The van der Waals surface area contributed by atoms with E-state index in [1.807, 2.05) is 13.0 Å². The van der Waals surface area contributed by atoms with E-state index in [1.54, 1.807) is 36.4 Å². The molecular formula is C18H14Cl2N6OS. The fourth-order valence-corrected chi connectivity index (χ4v) is 4.04. The van der Waals surface area contributed by atoms with Gasteiger partial charge in [0.15, 0.2) is 5.82 Å². The highest BCUT2D eigenvalue weighted by Gasteiger charge is 2.19. The van der Waals surface area contributed by atoms with E-state index in [0.29, 0.717) is 43.3 Å². The van der Waals surface area contributed by atoms with Crippen LogP contribution >= 0.6 is 35.0 Å². The third-order valence-electron chi connectivity index (χ3n) is 4.14. The third-order valence-corrected chi connectivity index (χ3v) is 5.75. The second-order valence-corrected chi connectivity index (χ2v) is 8.18. The Hall–Kier alpha value is -2.55. The van der Waals surface area contributed by atoms with Crippen LogP contribution in [0.25, 0.3) is 22.3 Å². The number of rotatable bonds is 4. The molecule has 0 aliphatic carbocycles. The molecule has 0 saturated carbocycles. The molecule has 2 aromatic carbocycles. The van der Waals surface area contributed by atoms with Gasteiger partial charge < -0.3 is 10.8 Å². The minimum atomic E-state index is -0.211. The molecule has 1 atom stereocenters. The molecule has 4 aromatic rings. The fourth-order valence-electron chi connectivity index (χ4n) is 2.72. The summed E-state index contributed by atoms with van der Waals surface area (Å²) in [5.74, 6) is 7.12. The molecule has 0 amide bonds. The van der Waals surface area contributed by atoms with Crippen molar-refractivity contribution in [1.29, 1.82) is 0 Å². The molecule has 142 valence electrons. The third kappa shape index (κ3) is 3.46. The van der Waals surface area contributed by atoms with Gasteiger partial charge in [0.05, 0.1) is 21.2 Å². The fraction of sp³-hybridized carbons (Fsp3) is 0.111. The first kappa shape index (κ1) is 18.8.